The minimum atomic E-state index is -0.731. The molecule has 0 atom stereocenters. The first-order valence-corrected chi connectivity index (χ1v) is 14.2. The summed E-state index contributed by atoms with van der Waals surface area (Å²) in [6, 6.07) is 21.6. The predicted octanol–water partition coefficient (Wildman–Crippen LogP) is 7.17. The number of fused-ring (bicyclic) bond motifs is 2. The molecule has 2 aromatic heterocycles. The van der Waals surface area contributed by atoms with Crippen LogP contribution in [0.4, 0.5) is 15.8 Å². The average Bonchev–Trinajstić information content (AvgIpc) is 3.43. The fraction of sp³-hybridized carbons (Fsp3) is 0.0323. The fourth-order valence-electron chi connectivity index (χ4n) is 4.49. The van der Waals surface area contributed by atoms with Gasteiger partial charge in [-0.3, -0.25) is 19.7 Å². The Hall–Kier alpha value is -5.40. The molecule has 1 N–H and O–H groups in total. The lowest BCUT2D eigenvalue weighted by Crippen LogP contribution is -2.21. The molecule has 0 bridgehead atoms. The van der Waals surface area contributed by atoms with Crippen molar-refractivity contribution >= 4 is 72.9 Å². The van der Waals surface area contributed by atoms with Gasteiger partial charge in [-0.1, -0.05) is 45.7 Å². The molecule has 6 rings (SSSR count). The second kappa shape index (κ2) is 12.3. The molecule has 0 unspecified atom stereocenters. The molecule has 6 aromatic rings. The maximum atomic E-state index is 13.6. The van der Waals surface area contributed by atoms with Crippen LogP contribution in [0.2, 0.25) is 5.02 Å². The van der Waals surface area contributed by atoms with Gasteiger partial charge in [0.15, 0.2) is 12.4 Å². The van der Waals surface area contributed by atoms with E-state index in [1.807, 2.05) is 12.1 Å². The number of aromatic nitrogens is 2. The molecule has 0 aliphatic carbocycles. The number of benzene rings is 4. The van der Waals surface area contributed by atoms with E-state index >= 15 is 0 Å². The van der Waals surface area contributed by atoms with Gasteiger partial charge in [-0.15, -0.1) is 0 Å². The van der Waals surface area contributed by atoms with E-state index in [0.717, 1.165) is 26.7 Å². The molecule has 2 heterocycles. The minimum Gasteiger partial charge on any atom is -0.476 e. The second-order valence-corrected chi connectivity index (χ2v) is 10.9. The number of hydrogen-bond acceptors (Lipinski definition) is 8. The van der Waals surface area contributed by atoms with Gasteiger partial charge in [-0.2, -0.15) is 9.78 Å². The zero-order valence-corrected chi connectivity index (χ0v) is 25.1. The van der Waals surface area contributed by atoms with Gasteiger partial charge in [-0.05, 0) is 60.7 Å². The monoisotopic (exact) mass is 689 g/mol. The summed E-state index contributed by atoms with van der Waals surface area (Å²) in [7, 11) is 0. The van der Waals surface area contributed by atoms with Gasteiger partial charge in [0.05, 0.1) is 27.1 Å². The smallest absolute Gasteiger partial charge is 0.313 e. The SMILES string of the molecule is O=C(COc1c(Cl)cc(C=Nn2c(-c3cc4cc(Br)ccc4o3)nc3ccccc3c2=O)cc1[N+](=O)[O-])Nc1cccc(F)c1. The third-order valence-electron chi connectivity index (χ3n) is 6.47. The number of furan rings is 1. The Labute approximate surface area is 265 Å². The molecular formula is C31H18BrClFN5O6. The predicted molar refractivity (Wildman–Crippen MR) is 171 cm³/mol. The Balaban J connectivity index is 1.34. The van der Waals surface area contributed by atoms with Crippen LogP contribution in [0.3, 0.4) is 0 Å². The fourth-order valence-corrected chi connectivity index (χ4v) is 5.15. The number of anilines is 1. The highest BCUT2D eigenvalue weighted by molar-refractivity contribution is 9.10. The summed E-state index contributed by atoms with van der Waals surface area (Å²) in [5, 5.41) is 19.5. The Kier molecular flexibility index (Phi) is 8.11. The summed E-state index contributed by atoms with van der Waals surface area (Å²) < 4.78 is 26.7. The summed E-state index contributed by atoms with van der Waals surface area (Å²) in [5.41, 5.74) is 0.278. The van der Waals surface area contributed by atoms with Crippen LogP contribution in [0.25, 0.3) is 33.5 Å². The molecule has 0 aliphatic heterocycles. The van der Waals surface area contributed by atoms with E-state index in [-0.39, 0.29) is 33.6 Å². The molecule has 14 heteroatoms. The van der Waals surface area contributed by atoms with E-state index in [1.54, 1.807) is 36.4 Å². The average molecular weight is 691 g/mol. The summed E-state index contributed by atoms with van der Waals surface area (Å²) in [5.74, 6) is -1.22. The minimum absolute atomic E-state index is 0.104. The zero-order chi connectivity index (χ0) is 31.7. The van der Waals surface area contributed by atoms with Crippen LogP contribution in [0.1, 0.15) is 5.56 Å². The van der Waals surface area contributed by atoms with Crippen molar-refractivity contribution in [3.8, 4) is 17.3 Å². The molecule has 45 heavy (non-hydrogen) atoms. The van der Waals surface area contributed by atoms with E-state index in [4.69, 9.17) is 20.8 Å². The van der Waals surface area contributed by atoms with Crippen LogP contribution in [0.5, 0.6) is 5.75 Å². The van der Waals surface area contributed by atoms with Gasteiger partial charge in [0.1, 0.15) is 11.4 Å². The molecule has 0 radical (unpaired) electrons. The number of ether oxygens (including phenoxy) is 1. The topological polar surface area (TPSA) is 142 Å². The van der Waals surface area contributed by atoms with Crippen LogP contribution in [-0.4, -0.2) is 33.3 Å². The van der Waals surface area contributed by atoms with Crippen LogP contribution in [0, 0.1) is 15.9 Å². The van der Waals surface area contributed by atoms with Crippen molar-refractivity contribution in [2.45, 2.75) is 0 Å². The number of rotatable bonds is 8. The highest BCUT2D eigenvalue weighted by Gasteiger charge is 2.22. The van der Waals surface area contributed by atoms with Gasteiger partial charge in [-0.25, -0.2) is 9.37 Å². The first-order chi connectivity index (χ1) is 21.7. The molecule has 4 aromatic carbocycles. The third-order valence-corrected chi connectivity index (χ3v) is 7.25. The van der Waals surface area contributed by atoms with Gasteiger partial charge in [0, 0.05) is 27.2 Å². The normalized spacial score (nSPS) is 11.4. The van der Waals surface area contributed by atoms with Crippen molar-refractivity contribution in [1.29, 1.82) is 0 Å². The number of amides is 1. The maximum absolute atomic E-state index is 13.6. The molecule has 0 saturated heterocycles. The van der Waals surface area contributed by atoms with Crippen molar-refractivity contribution < 1.29 is 23.3 Å². The Morgan fingerprint density at radius 3 is 2.76 bits per heavy atom. The van der Waals surface area contributed by atoms with Crippen molar-refractivity contribution in [3.05, 3.63) is 126 Å². The number of nitro benzene ring substituents is 1. The number of nitrogens with one attached hydrogen (secondary N) is 1. The number of carbonyl (C=O) groups excluding carboxylic acids is 1. The van der Waals surface area contributed by atoms with Gasteiger partial charge < -0.3 is 14.5 Å². The van der Waals surface area contributed by atoms with Crippen LogP contribution >= 0.6 is 27.5 Å². The molecule has 0 fully saturated rings. The summed E-state index contributed by atoms with van der Waals surface area (Å²) in [6.45, 7) is -0.639. The van der Waals surface area contributed by atoms with Gasteiger partial charge in [0.2, 0.25) is 11.6 Å². The number of halogens is 3. The second-order valence-electron chi connectivity index (χ2n) is 9.56. The molecule has 0 saturated carbocycles. The summed E-state index contributed by atoms with van der Waals surface area (Å²) in [4.78, 5) is 41.7. The summed E-state index contributed by atoms with van der Waals surface area (Å²) >= 11 is 9.78. The number of hydrogen-bond donors (Lipinski definition) is 1. The van der Waals surface area contributed by atoms with Crippen LogP contribution in [0.15, 0.2) is 104 Å². The lowest BCUT2D eigenvalue weighted by atomic mass is 10.2. The van der Waals surface area contributed by atoms with Gasteiger partial charge >= 0.3 is 5.69 Å². The molecule has 224 valence electrons. The van der Waals surface area contributed by atoms with E-state index < -0.39 is 34.5 Å². The highest BCUT2D eigenvalue weighted by atomic mass is 79.9. The van der Waals surface area contributed by atoms with E-state index in [0.29, 0.717) is 16.5 Å². The lowest BCUT2D eigenvalue weighted by molar-refractivity contribution is -0.385. The molecule has 0 aliphatic rings. The molecular weight excluding hydrogens is 673 g/mol. The lowest BCUT2D eigenvalue weighted by Gasteiger charge is -2.10. The Morgan fingerprint density at radius 2 is 1.96 bits per heavy atom. The molecule has 0 spiro atoms. The number of para-hydroxylation sites is 1. The Morgan fingerprint density at radius 1 is 1.13 bits per heavy atom. The molecule has 11 nitrogen and oxygen atoms in total. The standard InChI is InChI=1S/C31H18BrClFN5O6/c32-19-8-9-26-18(12-19)13-27(45-26)30-37-24-7-2-1-6-22(24)31(41)38(30)35-15-17-10-23(33)29(25(11-17)39(42)43)44-16-28(40)36-21-5-3-4-20(34)14-21/h1-15H,16H2,(H,36,40). The third kappa shape index (κ3) is 6.30. The first-order valence-electron chi connectivity index (χ1n) is 13.1. The van der Waals surface area contributed by atoms with Crippen molar-refractivity contribution in [2.75, 3.05) is 11.9 Å². The number of carbonyl (C=O) groups is 1. The summed E-state index contributed by atoms with van der Waals surface area (Å²) in [6.07, 6.45) is 1.21. The van der Waals surface area contributed by atoms with E-state index in [2.05, 4.69) is 31.3 Å². The largest absolute Gasteiger partial charge is 0.476 e. The maximum Gasteiger partial charge on any atom is 0.313 e. The van der Waals surface area contributed by atoms with Crippen molar-refractivity contribution in [1.82, 2.24) is 9.66 Å². The van der Waals surface area contributed by atoms with Crippen molar-refractivity contribution in [2.24, 2.45) is 5.10 Å². The number of nitrogens with zero attached hydrogens (tertiary/aromatic N) is 4. The quantitative estimate of drug-likeness (QED) is 0.101. The highest BCUT2D eigenvalue weighted by Crippen LogP contribution is 2.36. The molecule has 1 amide bonds. The van der Waals surface area contributed by atoms with E-state index in [1.165, 1.54) is 30.5 Å². The van der Waals surface area contributed by atoms with Crippen molar-refractivity contribution in [3.63, 3.8) is 0 Å². The van der Waals surface area contributed by atoms with Crippen LogP contribution < -0.4 is 15.6 Å². The van der Waals surface area contributed by atoms with Gasteiger partial charge in [0.25, 0.3) is 11.5 Å². The Bertz CT molecular complexity index is 2230. The van der Waals surface area contributed by atoms with E-state index in [9.17, 15) is 24.1 Å². The first kappa shape index (κ1) is 29.7. The van der Waals surface area contributed by atoms with Crippen LogP contribution in [-0.2, 0) is 4.79 Å². The number of nitro groups is 1. The zero-order valence-electron chi connectivity index (χ0n) is 22.7.